The Balaban J connectivity index is 1.54. The average Bonchev–Trinajstić information content (AvgIpc) is 2.65. The van der Waals surface area contributed by atoms with Gasteiger partial charge >= 0.3 is 0 Å². The summed E-state index contributed by atoms with van der Waals surface area (Å²) in [5.74, 6) is -0.994. The predicted molar refractivity (Wildman–Crippen MR) is 96.6 cm³/mol. The molecule has 0 bridgehead atoms. The van der Waals surface area contributed by atoms with Gasteiger partial charge in [-0.3, -0.25) is 4.79 Å². The molecule has 0 unspecified atom stereocenters. The smallest absolute Gasteiger partial charge is 0.262 e. The van der Waals surface area contributed by atoms with E-state index in [0.717, 1.165) is 6.07 Å². The Bertz CT molecular complexity index is 884. The van der Waals surface area contributed by atoms with E-state index in [2.05, 4.69) is 10.6 Å². The molecule has 0 aromatic heterocycles. The standard InChI is InChI=1S/C20H16F2N2O2/c21-14-6-11-19(18(22)12-14)23-15-7-9-16(10-8-15)24-20(25)13-26-17-4-2-1-3-5-17/h1-12,23H,13H2,(H,24,25). The molecule has 0 spiro atoms. The lowest BCUT2D eigenvalue weighted by Gasteiger charge is -2.10. The summed E-state index contributed by atoms with van der Waals surface area (Å²) >= 11 is 0. The minimum absolute atomic E-state index is 0.106. The van der Waals surface area contributed by atoms with E-state index in [9.17, 15) is 13.6 Å². The number of halogens is 2. The van der Waals surface area contributed by atoms with Crippen LogP contribution in [-0.4, -0.2) is 12.5 Å². The van der Waals surface area contributed by atoms with Crippen molar-refractivity contribution in [3.8, 4) is 5.75 Å². The van der Waals surface area contributed by atoms with Crippen molar-refractivity contribution in [2.24, 2.45) is 0 Å². The number of carbonyl (C=O) groups excluding carboxylic acids is 1. The van der Waals surface area contributed by atoms with Crippen molar-refractivity contribution in [1.82, 2.24) is 0 Å². The van der Waals surface area contributed by atoms with Crippen molar-refractivity contribution >= 4 is 23.0 Å². The summed E-state index contributed by atoms with van der Waals surface area (Å²) in [5.41, 5.74) is 1.35. The maximum Gasteiger partial charge on any atom is 0.262 e. The van der Waals surface area contributed by atoms with E-state index in [0.29, 0.717) is 17.1 Å². The molecule has 0 atom stereocenters. The highest BCUT2D eigenvalue weighted by Crippen LogP contribution is 2.22. The van der Waals surface area contributed by atoms with Gasteiger partial charge in [0, 0.05) is 17.4 Å². The molecule has 0 saturated carbocycles. The van der Waals surface area contributed by atoms with Gasteiger partial charge in [-0.2, -0.15) is 0 Å². The molecule has 0 radical (unpaired) electrons. The monoisotopic (exact) mass is 354 g/mol. The molecule has 0 aliphatic carbocycles. The predicted octanol–water partition coefficient (Wildman–Crippen LogP) is 4.73. The highest BCUT2D eigenvalue weighted by Gasteiger charge is 2.06. The molecule has 6 heteroatoms. The van der Waals surface area contributed by atoms with E-state index in [1.54, 1.807) is 36.4 Å². The van der Waals surface area contributed by atoms with Crippen molar-refractivity contribution < 1.29 is 18.3 Å². The van der Waals surface area contributed by atoms with Gasteiger partial charge in [-0.05, 0) is 48.5 Å². The summed E-state index contributed by atoms with van der Waals surface area (Å²) in [6, 6.07) is 19.0. The van der Waals surface area contributed by atoms with Gasteiger partial charge in [-0.1, -0.05) is 18.2 Å². The third-order valence-corrected chi connectivity index (χ3v) is 3.49. The lowest BCUT2D eigenvalue weighted by atomic mass is 10.2. The number of para-hydroxylation sites is 1. The first-order chi connectivity index (χ1) is 12.6. The number of anilines is 3. The van der Waals surface area contributed by atoms with Crippen LogP contribution < -0.4 is 15.4 Å². The van der Waals surface area contributed by atoms with Crippen molar-refractivity contribution in [1.29, 1.82) is 0 Å². The number of amides is 1. The molecule has 0 aliphatic heterocycles. The quantitative estimate of drug-likeness (QED) is 0.673. The largest absolute Gasteiger partial charge is 0.484 e. The lowest BCUT2D eigenvalue weighted by Crippen LogP contribution is -2.20. The summed E-state index contributed by atoms with van der Waals surface area (Å²) in [5, 5.41) is 5.55. The van der Waals surface area contributed by atoms with Crippen LogP contribution in [0.5, 0.6) is 5.75 Å². The van der Waals surface area contributed by atoms with E-state index in [4.69, 9.17) is 4.74 Å². The highest BCUT2D eigenvalue weighted by atomic mass is 19.1. The molecule has 3 rings (SSSR count). The van der Waals surface area contributed by atoms with Gasteiger partial charge in [0.2, 0.25) is 0 Å². The number of hydrogen-bond donors (Lipinski definition) is 2. The van der Waals surface area contributed by atoms with E-state index in [-0.39, 0.29) is 18.2 Å². The van der Waals surface area contributed by atoms with Crippen LogP contribution >= 0.6 is 0 Å². The number of carbonyl (C=O) groups is 1. The summed E-state index contributed by atoms with van der Waals surface area (Å²) in [6.07, 6.45) is 0. The minimum atomic E-state index is -0.680. The number of nitrogens with one attached hydrogen (secondary N) is 2. The number of hydrogen-bond acceptors (Lipinski definition) is 3. The Morgan fingerprint density at radius 2 is 1.58 bits per heavy atom. The van der Waals surface area contributed by atoms with Gasteiger partial charge in [0.1, 0.15) is 17.4 Å². The van der Waals surface area contributed by atoms with E-state index in [1.165, 1.54) is 12.1 Å². The molecule has 2 N–H and O–H groups in total. The van der Waals surface area contributed by atoms with Crippen LogP contribution in [0.1, 0.15) is 0 Å². The second-order valence-electron chi connectivity index (χ2n) is 5.48. The Morgan fingerprint density at radius 3 is 2.27 bits per heavy atom. The van der Waals surface area contributed by atoms with Crippen LogP contribution in [0.3, 0.4) is 0 Å². The van der Waals surface area contributed by atoms with Gasteiger partial charge in [0.25, 0.3) is 5.91 Å². The molecule has 0 fully saturated rings. The maximum absolute atomic E-state index is 13.6. The van der Waals surface area contributed by atoms with Crippen molar-refractivity contribution in [3.05, 3.63) is 84.4 Å². The molecule has 1 amide bonds. The molecular weight excluding hydrogens is 338 g/mol. The summed E-state index contributed by atoms with van der Waals surface area (Å²) in [7, 11) is 0. The molecule has 0 aliphatic rings. The molecule has 26 heavy (non-hydrogen) atoms. The normalized spacial score (nSPS) is 10.2. The number of benzene rings is 3. The van der Waals surface area contributed by atoms with Crippen LogP contribution in [0, 0.1) is 11.6 Å². The van der Waals surface area contributed by atoms with E-state index < -0.39 is 11.6 Å². The second kappa shape index (κ2) is 8.11. The van der Waals surface area contributed by atoms with Crippen molar-refractivity contribution in [2.75, 3.05) is 17.2 Å². The van der Waals surface area contributed by atoms with Gasteiger partial charge in [-0.15, -0.1) is 0 Å². The molecular formula is C20H16F2N2O2. The molecule has 4 nitrogen and oxygen atoms in total. The highest BCUT2D eigenvalue weighted by molar-refractivity contribution is 5.92. The molecule has 0 heterocycles. The third kappa shape index (κ3) is 4.80. The first-order valence-corrected chi connectivity index (χ1v) is 7.90. The fourth-order valence-electron chi connectivity index (χ4n) is 2.25. The Morgan fingerprint density at radius 1 is 0.885 bits per heavy atom. The van der Waals surface area contributed by atoms with Gasteiger partial charge in [0.05, 0.1) is 5.69 Å². The van der Waals surface area contributed by atoms with Gasteiger partial charge in [0.15, 0.2) is 6.61 Å². The summed E-state index contributed by atoms with van der Waals surface area (Å²) in [6.45, 7) is -0.106. The van der Waals surface area contributed by atoms with E-state index in [1.807, 2.05) is 18.2 Å². The molecule has 132 valence electrons. The Labute approximate surface area is 149 Å². The zero-order valence-corrected chi connectivity index (χ0v) is 13.7. The van der Waals surface area contributed by atoms with Crippen LogP contribution in [0.15, 0.2) is 72.8 Å². The average molecular weight is 354 g/mol. The summed E-state index contributed by atoms with van der Waals surface area (Å²) < 4.78 is 31.9. The Hall–Kier alpha value is -3.41. The molecule has 3 aromatic carbocycles. The first kappa shape index (κ1) is 17.4. The SMILES string of the molecule is O=C(COc1ccccc1)Nc1ccc(Nc2ccc(F)cc2F)cc1. The molecule has 3 aromatic rings. The topological polar surface area (TPSA) is 50.4 Å². The lowest BCUT2D eigenvalue weighted by molar-refractivity contribution is -0.118. The number of ether oxygens (including phenoxy) is 1. The minimum Gasteiger partial charge on any atom is -0.484 e. The summed E-state index contributed by atoms with van der Waals surface area (Å²) in [4.78, 5) is 11.9. The maximum atomic E-state index is 13.6. The van der Waals surface area contributed by atoms with Gasteiger partial charge < -0.3 is 15.4 Å². The van der Waals surface area contributed by atoms with Gasteiger partial charge in [-0.25, -0.2) is 8.78 Å². The molecule has 0 saturated heterocycles. The Kier molecular flexibility index (Phi) is 5.43. The van der Waals surface area contributed by atoms with Crippen LogP contribution in [0.4, 0.5) is 25.8 Å². The fraction of sp³-hybridized carbons (Fsp3) is 0.0500. The zero-order valence-electron chi connectivity index (χ0n) is 13.7. The van der Waals surface area contributed by atoms with Crippen LogP contribution in [-0.2, 0) is 4.79 Å². The van der Waals surface area contributed by atoms with Crippen LogP contribution in [0.25, 0.3) is 0 Å². The van der Waals surface area contributed by atoms with Crippen molar-refractivity contribution in [3.63, 3.8) is 0 Å². The fourth-order valence-corrected chi connectivity index (χ4v) is 2.25. The first-order valence-electron chi connectivity index (χ1n) is 7.90. The van der Waals surface area contributed by atoms with Crippen LogP contribution in [0.2, 0.25) is 0 Å². The van der Waals surface area contributed by atoms with Crippen molar-refractivity contribution in [2.45, 2.75) is 0 Å². The zero-order chi connectivity index (χ0) is 18.4. The third-order valence-electron chi connectivity index (χ3n) is 3.49. The van der Waals surface area contributed by atoms with E-state index >= 15 is 0 Å². The second-order valence-corrected chi connectivity index (χ2v) is 5.48. The number of rotatable bonds is 6.